The second-order valence-electron chi connectivity index (χ2n) is 3.17. The zero-order valence-electron chi connectivity index (χ0n) is 8.55. The number of carbonyl (C=O) groups is 1. The van der Waals surface area contributed by atoms with Crippen molar-refractivity contribution in [2.75, 3.05) is 6.26 Å². The van der Waals surface area contributed by atoms with E-state index in [0.29, 0.717) is 0 Å². The second kappa shape index (κ2) is 4.78. The number of carboxylic acid groups (broad SMARTS) is 1. The fourth-order valence-corrected chi connectivity index (χ4v) is 1.75. The predicted octanol–water partition coefficient (Wildman–Crippen LogP) is 3.01. The Morgan fingerprint density at radius 1 is 1.38 bits per heavy atom. The molecule has 1 N–H and O–H groups in total. The Balaban J connectivity index is 3.39. The van der Waals surface area contributed by atoms with Gasteiger partial charge in [0.2, 0.25) is 0 Å². The highest BCUT2D eigenvalue weighted by molar-refractivity contribution is 7.98. The summed E-state index contributed by atoms with van der Waals surface area (Å²) in [5.74, 6) is -6.22. The van der Waals surface area contributed by atoms with Crippen LogP contribution in [0.2, 0.25) is 0 Å². The summed E-state index contributed by atoms with van der Waals surface area (Å²) in [5, 5.41) is 8.65. The molecule has 0 saturated carbocycles. The Bertz CT molecular complexity index is 435. The van der Waals surface area contributed by atoms with E-state index in [1.807, 2.05) is 0 Å². The Hall–Kier alpha value is -1.17. The first-order valence-electron chi connectivity index (χ1n) is 4.34. The molecule has 1 rings (SSSR count). The lowest BCUT2D eigenvalue weighted by molar-refractivity contribution is -0.138. The van der Waals surface area contributed by atoms with Crippen molar-refractivity contribution >= 4 is 17.7 Å². The zero-order chi connectivity index (χ0) is 12.5. The van der Waals surface area contributed by atoms with Crippen LogP contribution in [0.15, 0.2) is 11.0 Å². The summed E-state index contributed by atoms with van der Waals surface area (Å²) >= 11 is 0.728. The van der Waals surface area contributed by atoms with Gasteiger partial charge in [-0.15, -0.1) is 11.8 Å². The second-order valence-corrected chi connectivity index (χ2v) is 3.99. The van der Waals surface area contributed by atoms with Crippen LogP contribution in [0.4, 0.5) is 13.2 Å². The highest BCUT2D eigenvalue weighted by Gasteiger charge is 2.24. The van der Waals surface area contributed by atoms with Crippen molar-refractivity contribution in [3.8, 4) is 0 Å². The maximum Gasteiger partial charge on any atom is 0.310 e. The summed E-state index contributed by atoms with van der Waals surface area (Å²) in [6.07, 6.45) is 1.40. The Labute approximate surface area is 94.5 Å². The van der Waals surface area contributed by atoms with E-state index in [1.165, 1.54) is 13.2 Å². The standard InChI is InChI=1S/C10H9F3O2S/c1-4(10(14)15)5-3-6(11)9(16-2)8(13)7(5)12/h3-4H,1-2H3,(H,14,15). The summed E-state index contributed by atoms with van der Waals surface area (Å²) in [7, 11) is 0. The van der Waals surface area contributed by atoms with Crippen molar-refractivity contribution in [3.63, 3.8) is 0 Å². The molecule has 0 aliphatic heterocycles. The Morgan fingerprint density at radius 2 is 1.94 bits per heavy atom. The average molecular weight is 250 g/mol. The van der Waals surface area contributed by atoms with Crippen molar-refractivity contribution in [2.45, 2.75) is 17.7 Å². The molecular formula is C10H9F3O2S. The lowest BCUT2D eigenvalue weighted by Crippen LogP contribution is -2.11. The van der Waals surface area contributed by atoms with Gasteiger partial charge in [-0.1, -0.05) is 0 Å². The van der Waals surface area contributed by atoms with Gasteiger partial charge < -0.3 is 5.11 Å². The first-order valence-corrected chi connectivity index (χ1v) is 5.56. The quantitative estimate of drug-likeness (QED) is 0.662. The molecule has 88 valence electrons. The van der Waals surface area contributed by atoms with Crippen LogP contribution in [-0.2, 0) is 4.79 Å². The number of hydrogen-bond donors (Lipinski definition) is 1. The molecule has 2 nitrogen and oxygen atoms in total. The third kappa shape index (κ3) is 2.16. The SMILES string of the molecule is CSc1c(F)cc(C(C)C(=O)O)c(F)c1F. The van der Waals surface area contributed by atoms with Crippen LogP contribution in [0.5, 0.6) is 0 Å². The van der Waals surface area contributed by atoms with E-state index in [9.17, 15) is 18.0 Å². The van der Waals surface area contributed by atoms with Gasteiger partial charge in [0, 0.05) is 5.56 Å². The van der Waals surface area contributed by atoms with Crippen LogP contribution < -0.4 is 0 Å². The topological polar surface area (TPSA) is 37.3 Å². The predicted molar refractivity (Wildman–Crippen MR) is 54.1 cm³/mol. The van der Waals surface area contributed by atoms with E-state index in [1.54, 1.807) is 0 Å². The maximum absolute atomic E-state index is 13.4. The lowest BCUT2D eigenvalue weighted by atomic mass is 10.0. The number of benzene rings is 1. The minimum Gasteiger partial charge on any atom is -0.481 e. The molecule has 1 atom stereocenters. The molecule has 0 bridgehead atoms. The van der Waals surface area contributed by atoms with Crippen LogP contribution in [0.1, 0.15) is 18.4 Å². The van der Waals surface area contributed by atoms with Crippen LogP contribution in [0.25, 0.3) is 0 Å². The molecule has 0 aliphatic carbocycles. The molecule has 0 heterocycles. The van der Waals surface area contributed by atoms with Gasteiger partial charge in [0.25, 0.3) is 0 Å². The molecule has 0 amide bonds. The monoisotopic (exact) mass is 250 g/mol. The first-order chi connectivity index (χ1) is 7.40. The Kier molecular flexibility index (Phi) is 3.85. The van der Waals surface area contributed by atoms with Crippen molar-refractivity contribution in [1.29, 1.82) is 0 Å². The molecule has 0 spiro atoms. The van der Waals surface area contributed by atoms with Gasteiger partial charge in [-0.2, -0.15) is 0 Å². The number of aliphatic carboxylic acids is 1. The zero-order valence-corrected chi connectivity index (χ0v) is 9.37. The third-order valence-electron chi connectivity index (χ3n) is 2.19. The molecule has 0 aliphatic rings. The summed E-state index contributed by atoms with van der Waals surface area (Å²) < 4.78 is 40.0. The van der Waals surface area contributed by atoms with E-state index in [0.717, 1.165) is 17.8 Å². The highest BCUT2D eigenvalue weighted by atomic mass is 32.2. The molecule has 16 heavy (non-hydrogen) atoms. The van der Waals surface area contributed by atoms with E-state index in [4.69, 9.17) is 5.11 Å². The lowest BCUT2D eigenvalue weighted by Gasteiger charge is -2.11. The molecule has 0 saturated heterocycles. The van der Waals surface area contributed by atoms with E-state index in [2.05, 4.69) is 0 Å². The van der Waals surface area contributed by atoms with Crippen LogP contribution in [0, 0.1) is 17.5 Å². The van der Waals surface area contributed by atoms with Gasteiger partial charge in [0.15, 0.2) is 11.6 Å². The number of hydrogen-bond acceptors (Lipinski definition) is 2. The van der Waals surface area contributed by atoms with E-state index in [-0.39, 0.29) is 0 Å². The maximum atomic E-state index is 13.4. The summed E-state index contributed by atoms with van der Waals surface area (Å²) in [6.45, 7) is 1.17. The minimum absolute atomic E-state index is 0.446. The highest BCUT2D eigenvalue weighted by Crippen LogP contribution is 2.30. The van der Waals surface area contributed by atoms with Gasteiger partial charge in [-0.25, -0.2) is 13.2 Å². The third-order valence-corrected chi connectivity index (χ3v) is 2.97. The number of rotatable bonds is 3. The van der Waals surface area contributed by atoms with Crippen LogP contribution >= 0.6 is 11.8 Å². The normalized spacial score (nSPS) is 12.6. The minimum atomic E-state index is -1.34. The first kappa shape index (κ1) is 12.9. The van der Waals surface area contributed by atoms with Crippen molar-refractivity contribution in [2.24, 2.45) is 0 Å². The van der Waals surface area contributed by atoms with Crippen LogP contribution in [-0.4, -0.2) is 17.3 Å². The summed E-state index contributed by atoms with van der Waals surface area (Å²) in [5.41, 5.74) is -0.486. The number of halogens is 3. The summed E-state index contributed by atoms with van der Waals surface area (Å²) in [6, 6.07) is 0.725. The number of carboxylic acids is 1. The van der Waals surface area contributed by atoms with Gasteiger partial charge in [-0.3, -0.25) is 4.79 Å². The van der Waals surface area contributed by atoms with E-state index >= 15 is 0 Å². The fraction of sp³-hybridized carbons (Fsp3) is 0.300. The molecule has 1 aromatic carbocycles. The molecule has 0 fully saturated rings. The van der Waals surface area contributed by atoms with Crippen molar-refractivity contribution in [1.82, 2.24) is 0 Å². The van der Waals surface area contributed by atoms with Crippen molar-refractivity contribution < 1.29 is 23.1 Å². The summed E-state index contributed by atoms with van der Waals surface area (Å²) in [4.78, 5) is 10.2. The van der Waals surface area contributed by atoms with Gasteiger partial charge in [-0.05, 0) is 19.2 Å². The molecule has 1 aromatic rings. The van der Waals surface area contributed by atoms with E-state index < -0.39 is 39.8 Å². The molecule has 0 aromatic heterocycles. The fourth-order valence-electron chi connectivity index (χ4n) is 1.23. The molecule has 0 radical (unpaired) electrons. The smallest absolute Gasteiger partial charge is 0.310 e. The molecular weight excluding hydrogens is 241 g/mol. The molecule has 6 heteroatoms. The van der Waals surface area contributed by atoms with Gasteiger partial charge >= 0.3 is 5.97 Å². The van der Waals surface area contributed by atoms with Gasteiger partial charge in [0.05, 0.1) is 10.8 Å². The average Bonchev–Trinajstić information content (AvgIpc) is 2.23. The van der Waals surface area contributed by atoms with Crippen LogP contribution in [0.3, 0.4) is 0 Å². The number of thioether (sulfide) groups is 1. The van der Waals surface area contributed by atoms with Gasteiger partial charge in [0.1, 0.15) is 5.82 Å². The Morgan fingerprint density at radius 3 is 2.38 bits per heavy atom. The molecule has 1 unspecified atom stereocenters. The van der Waals surface area contributed by atoms with Crippen molar-refractivity contribution in [3.05, 3.63) is 29.1 Å². The largest absolute Gasteiger partial charge is 0.481 e.